The zero-order valence-electron chi connectivity index (χ0n) is 10.5. The third-order valence-electron chi connectivity index (χ3n) is 2.89. The molecule has 1 aromatic rings. The minimum atomic E-state index is -0.564. The first kappa shape index (κ1) is 13.6. The molecular weight excluding hydrogens is 219 g/mol. The summed E-state index contributed by atoms with van der Waals surface area (Å²) in [5, 5.41) is 3.15. The highest BCUT2D eigenvalue weighted by molar-refractivity contribution is 5.81. The minimum Gasteiger partial charge on any atom is -0.368 e. The fraction of sp³-hybridized carbons (Fsp3) is 0.462. The van der Waals surface area contributed by atoms with Crippen LogP contribution in [0, 0.1) is 12.7 Å². The molecule has 0 saturated heterocycles. The van der Waals surface area contributed by atoms with E-state index in [0.717, 1.165) is 17.5 Å². The molecule has 0 aromatic heterocycles. The van der Waals surface area contributed by atoms with Crippen molar-refractivity contribution in [2.75, 3.05) is 0 Å². The minimum absolute atomic E-state index is 0.178. The van der Waals surface area contributed by atoms with Crippen molar-refractivity contribution in [2.24, 2.45) is 5.73 Å². The molecule has 17 heavy (non-hydrogen) atoms. The number of primary amides is 1. The van der Waals surface area contributed by atoms with Crippen LogP contribution in [0.1, 0.15) is 37.4 Å². The van der Waals surface area contributed by atoms with Gasteiger partial charge in [-0.25, -0.2) is 4.39 Å². The van der Waals surface area contributed by atoms with Crippen molar-refractivity contribution >= 4 is 5.91 Å². The number of rotatable bonds is 5. The molecule has 0 spiro atoms. The first-order valence-corrected chi connectivity index (χ1v) is 5.77. The Hall–Kier alpha value is -1.42. The van der Waals surface area contributed by atoms with Gasteiger partial charge in [0.15, 0.2) is 0 Å². The van der Waals surface area contributed by atoms with Gasteiger partial charge in [-0.1, -0.05) is 13.0 Å². The first-order valence-electron chi connectivity index (χ1n) is 5.77. The van der Waals surface area contributed by atoms with Gasteiger partial charge >= 0.3 is 0 Å². The second-order valence-corrected chi connectivity index (χ2v) is 4.31. The molecule has 0 fully saturated rings. The van der Waals surface area contributed by atoms with Gasteiger partial charge in [-0.3, -0.25) is 10.1 Å². The van der Waals surface area contributed by atoms with Crippen LogP contribution >= 0.6 is 0 Å². The van der Waals surface area contributed by atoms with E-state index in [0.29, 0.717) is 0 Å². The lowest BCUT2D eigenvalue weighted by Gasteiger charge is -2.21. The molecule has 2 unspecified atom stereocenters. The molecule has 0 bridgehead atoms. The van der Waals surface area contributed by atoms with Crippen molar-refractivity contribution in [3.8, 4) is 0 Å². The Balaban J connectivity index is 3.01. The summed E-state index contributed by atoms with van der Waals surface area (Å²) in [6.07, 6.45) is 0.893. The Bertz CT molecular complexity index is 406. The molecule has 1 rings (SSSR count). The Morgan fingerprint density at radius 3 is 2.65 bits per heavy atom. The standard InChI is InChI=1S/C13H19FN2O/c1-4-9(3)16-12(13(15)17)11-6-5-10(14)7-8(11)2/h5-7,9,12,16H,4H2,1-3H3,(H2,15,17). The summed E-state index contributed by atoms with van der Waals surface area (Å²) in [6, 6.07) is 3.97. The van der Waals surface area contributed by atoms with Gasteiger partial charge in [0.25, 0.3) is 0 Å². The highest BCUT2D eigenvalue weighted by Crippen LogP contribution is 2.19. The smallest absolute Gasteiger partial charge is 0.239 e. The van der Waals surface area contributed by atoms with Crippen molar-refractivity contribution in [1.82, 2.24) is 5.32 Å². The van der Waals surface area contributed by atoms with Crippen LogP contribution in [-0.4, -0.2) is 11.9 Å². The fourth-order valence-electron chi connectivity index (χ4n) is 1.69. The number of carbonyl (C=O) groups is 1. The monoisotopic (exact) mass is 238 g/mol. The molecular formula is C13H19FN2O. The summed E-state index contributed by atoms with van der Waals surface area (Å²) >= 11 is 0. The van der Waals surface area contributed by atoms with Crippen LogP contribution in [0.15, 0.2) is 18.2 Å². The molecule has 94 valence electrons. The highest BCUT2D eigenvalue weighted by atomic mass is 19.1. The number of halogens is 1. The molecule has 1 amide bonds. The van der Waals surface area contributed by atoms with E-state index in [1.807, 2.05) is 13.8 Å². The second-order valence-electron chi connectivity index (χ2n) is 4.31. The molecule has 0 aliphatic carbocycles. The number of nitrogens with one attached hydrogen (secondary N) is 1. The topological polar surface area (TPSA) is 55.1 Å². The molecule has 0 radical (unpaired) electrons. The van der Waals surface area contributed by atoms with E-state index < -0.39 is 11.9 Å². The molecule has 0 aliphatic heterocycles. The number of hydrogen-bond donors (Lipinski definition) is 2. The number of benzene rings is 1. The molecule has 0 heterocycles. The number of carbonyl (C=O) groups excluding carboxylic acids is 1. The van der Waals surface area contributed by atoms with Crippen molar-refractivity contribution in [3.63, 3.8) is 0 Å². The van der Waals surface area contributed by atoms with Crippen molar-refractivity contribution in [3.05, 3.63) is 35.1 Å². The quantitative estimate of drug-likeness (QED) is 0.825. The van der Waals surface area contributed by atoms with Crippen molar-refractivity contribution in [2.45, 2.75) is 39.3 Å². The predicted octanol–water partition coefficient (Wildman–Crippen LogP) is 2.05. The Morgan fingerprint density at radius 2 is 2.18 bits per heavy atom. The molecule has 0 saturated carbocycles. The molecule has 3 N–H and O–H groups in total. The Morgan fingerprint density at radius 1 is 1.53 bits per heavy atom. The third-order valence-corrected chi connectivity index (χ3v) is 2.89. The third kappa shape index (κ3) is 3.53. The number of aryl methyl sites for hydroxylation is 1. The predicted molar refractivity (Wildman–Crippen MR) is 66.0 cm³/mol. The molecule has 3 nitrogen and oxygen atoms in total. The van der Waals surface area contributed by atoms with Crippen molar-refractivity contribution < 1.29 is 9.18 Å². The molecule has 2 atom stereocenters. The summed E-state index contributed by atoms with van der Waals surface area (Å²) in [5.41, 5.74) is 6.85. The SMILES string of the molecule is CCC(C)NC(C(N)=O)c1ccc(F)cc1C. The van der Waals surface area contributed by atoms with Crippen LogP contribution in [0.3, 0.4) is 0 Å². The summed E-state index contributed by atoms with van der Waals surface area (Å²) < 4.78 is 13.0. The first-order chi connectivity index (χ1) is 7.95. The van der Waals surface area contributed by atoms with Crippen molar-refractivity contribution in [1.29, 1.82) is 0 Å². The van der Waals surface area contributed by atoms with Gasteiger partial charge in [0.05, 0.1) is 0 Å². The van der Waals surface area contributed by atoms with Crippen LogP contribution in [0.5, 0.6) is 0 Å². The van der Waals surface area contributed by atoms with E-state index >= 15 is 0 Å². The maximum absolute atomic E-state index is 13.0. The lowest BCUT2D eigenvalue weighted by Crippen LogP contribution is -2.38. The number of amides is 1. The molecule has 0 aliphatic rings. The maximum atomic E-state index is 13.0. The Labute approximate surface area is 101 Å². The average molecular weight is 238 g/mol. The van der Waals surface area contributed by atoms with E-state index in [2.05, 4.69) is 5.32 Å². The fourth-order valence-corrected chi connectivity index (χ4v) is 1.69. The van der Waals surface area contributed by atoms with E-state index in [4.69, 9.17) is 5.73 Å². The Kier molecular flexibility index (Phi) is 4.63. The van der Waals surface area contributed by atoms with Crippen LogP contribution in [0.4, 0.5) is 4.39 Å². The highest BCUT2D eigenvalue weighted by Gasteiger charge is 2.21. The zero-order chi connectivity index (χ0) is 13.0. The number of nitrogens with two attached hydrogens (primary N) is 1. The molecule has 4 heteroatoms. The maximum Gasteiger partial charge on any atom is 0.239 e. The second kappa shape index (κ2) is 5.77. The van der Waals surface area contributed by atoms with E-state index in [1.54, 1.807) is 13.0 Å². The lowest BCUT2D eigenvalue weighted by molar-refractivity contribution is -0.120. The molecule has 1 aromatic carbocycles. The lowest BCUT2D eigenvalue weighted by atomic mass is 9.99. The largest absolute Gasteiger partial charge is 0.368 e. The van der Waals surface area contributed by atoms with E-state index in [-0.39, 0.29) is 11.9 Å². The summed E-state index contributed by atoms with van der Waals surface area (Å²) in [4.78, 5) is 11.5. The van der Waals surface area contributed by atoms with Gasteiger partial charge in [-0.2, -0.15) is 0 Å². The van der Waals surface area contributed by atoms with Gasteiger partial charge in [0.1, 0.15) is 11.9 Å². The van der Waals surface area contributed by atoms with Gasteiger partial charge in [0.2, 0.25) is 5.91 Å². The zero-order valence-corrected chi connectivity index (χ0v) is 10.5. The number of hydrogen-bond acceptors (Lipinski definition) is 2. The van der Waals surface area contributed by atoms with Gasteiger partial charge in [-0.15, -0.1) is 0 Å². The van der Waals surface area contributed by atoms with E-state index in [1.165, 1.54) is 12.1 Å². The van der Waals surface area contributed by atoms with Crippen LogP contribution in [-0.2, 0) is 4.79 Å². The van der Waals surface area contributed by atoms with Crippen LogP contribution < -0.4 is 11.1 Å². The van der Waals surface area contributed by atoms with Gasteiger partial charge in [0, 0.05) is 6.04 Å². The van der Waals surface area contributed by atoms with Gasteiger partial charge < -0.3 is 5.73 Å². The normalized spacial score (nSPS) is 14.4. The van der Waals surface area contributed by atoms with Gasteiger partial charge in [-0.05, 0) is 43.5 Å². The summed E-state index contributed by atoms with van der Waals surface area (Å²) in [5.74, 6) is -0.752. The summed E-state index contributed by atoms with van der Waals surface area (Å²) in [7, 11) is 0. The summed E-state index contributed by atoms with van der Waals surface area (Å²) in [6.45, 7) is 5.77. The van der Waals surface area contributed by atoms with Crippen LogP contribution in [0.25, 0.3) is 0 Å². The average Bonchev–Trinajstić information content (AvgIpc) is 2.26. The van der Waals surface area contributed by atoms with Crippen LogP contribution in [0.2, 0.25) is 0 Å². The van der Waals surface area contributed by atoms with E-state index in [9.17, 15) is 9.18 Å².